The fourth-order valence-corrected chi connectivity index (χ4v) is 4.19. The molecule has 9 nitrogen and oxygen atoms in total. The molecule has 2 aromatic heterocycles. The molecule has 186 valence electrons. The van der Waals surface area contributed by atoms with Crippen LogP contribution in [-0.4, -0.2) is 57.5 Å². The fourth-order valence-electron chi connectivity index (χ4n) is 4.02. The maximum absolute atomic E-state index is 13.3. The number of piperazine rings is 1. The first kappa shape index (κ1) is 24.9. The molecule has 1 aliphatic heterocycles. The number of hydrogen-bond donors (Lipinski definition) is 1. The molecule has 1 atom stereocenters. The number of hydrogen-bond acceptors (Lipinski definition) is 8. The fraction of sp³-hybridized carbons (Fsp3) is 0.409. The maximum Gasteiger partial charge on any atom is 0.416 e. The van der Waals surface area contributed by atoms with Crippen molar-refractivity contribution in [2.75, 3.05) is 42.9 Å². The summed E-state index contributed by atoms with van der Waals surface area (Å²) in [5.41, 5.74) is -0.482. The van der Waals surface area contributed by atoms with Crippen LogP contribution in [0.25, 0.3) is 11.0 Å². The Hall–Kier alpha value is -3.25. The monoisotopic (exact) mass is 509 g/mol. The van der Waals surface area contributed by atoms with Crippen LogP contribution in [0.5, 0.6) is 0 Å². The average Bonchev–Trinajstić information content (AvgIpc) is 2.83. The number of benzene rings is 1. The van der Waals surface area contributed by atoms with Crippen molar-refractivity contribution in [2.24, 2.45) is 0 Å². The summed E-state index contributed by atoms with van der Waals surface area (Å²) < 4.78 is 40.0. The van der Waals surface area contributed by atoms with Gasteiger partial charge in [0.1, 0.15) is 5.82 Å². The summed E-state index contributed by atoms with van der Waals surface area (Å²) in [5, 5.41) is 14.7. The predicted molar refractivity (Wildman–Crippen MR) is 127 cm³/mol. The van der Waals surface area contributed by atoms with E-state index in [0.29, 0.717) is 17.1 Å². The van der Waals surface area contributed by atoms with Crippen molar-refractivity contribution in [1.29, 1.82) is 0 Å². The Morgan fingerprint density at radius 1 is 1.17 bits per heavy atom. The lowest BCUT2D eigenvalue weighted by Crippen LogP contribution is -2.46. The zero-order valence-electron chi connectivity index (χ0n) is 19.0. The number of rotatable bonds is 6. The van der Waals surface area contributed by atoms with Crippen LogP contribution >= 0.6 is 11.6 Å². The van der Waals surface area contributed by atoms with Gasteiger partial charge in [0.2, 0.25) is 5.28 Å². The highest BCUT2D eigenvalue weighted by atomic mass is 35.5. The first-order valence-electron chi connectivity index (χ1n) is 11.0. The van der Waals surface area contributed by atoms with Gasteiger partial charge in [0, 0.05) is 38.3 Å². The van der Waals surface area contributed by atoms with E-state index in [2.05, 4.69) is 37.0 Å². The number of nitro groups is 1. The van der Waals surface area contributed by atoms with E-state index in [0.717, 1.165) is 50.5 Å². The van der Waals surface area contributed by atoms with Gasteiger partial charge >= 0.3 is 6.18 Å². The summed E-state index contributed by atoms with van der Waals surface area (Å²) in [5.74, 6) is 0.272. The Morgan fingerprint density at radius 3 is 2.51 bits per heavy atom. The van der Waals surface area contributed by atoms with Gasteiger partial charge in [-0.15, -0.1) is 0 Å². The molecule has 3 heterocycles. The van der Waals surface area contributed by atoms with Crippen molar-refractivity contribution < 1.29 is 18.1 Å². The van der Waals surface area contributed by atoms with Gasteiger partial charge in [-0.05, 0) is 42.8 Å². The summed E-state index contributed by atoms with van der Waals surface area (Å²) in [6, 6.07) is 3.61. The quantitative estimate of drug-likeness (QED) is 0.284. The Kier molecular flexibility index (Phi) is 6.95. The predicted octanol–water partition coefficient (Wildman–Crippen LogP) is 4.92. The zero-order chi connectivity index (χ0) is 25.3. The van der Waals surface area contributed by atoms with Crippen molar-refractivity contribution >= 4 is 39.8 Å². The lowest BCUT2D eigenvalue weighted by atomic mass is 10.0. The second kappa shape index (κ2) is 9.78. The van der Waals surface area contributed by atoms with E-state index in [1.807, 2.05) is 6.07 Å². The molecule has 1 N–H and O–H groups in total. The third kappa shape index (κ3) is 5.54. The van der Waals surface area contributed by atoms with Crippen LogP contribution in [-0.2, 0) is 6.18 Å². The molecule has 0 aliphatic carbocycles. The van der Waals surface area contributed by atoms with Gasteiger partial charge in [-0.1, -0.05) is 6.92 Å². The van der Waals surface area contributed by atoms with E-state index in [9.17, 15) is 23.3 Å². The van der Waals surface area contributed by atoms with Gasteiger partial charge < -0.3 is 15.1 Å². The van der Waals surface area contributed by atoms with E-state index in [1.54, 1.807) is 13.1 Å². The van der Waals surface area contributed by atoms with Crippen LogP contribution in [0, 0.1) is 10.1 Å². The molecular formula is C22H23ClF3N7O2. The molecular weight excluding hydrogens is 487 g/mol. The normalized spacial score (nSPS) is 15.9. The Labute approximate surface area is 204 Å². The Morgan fingerprint density at radius 2 is 1.89 bits per heavy atom. The molecule has 3 aromatic rings. The largest absolute Gasteiger partial charge is 0.416 e. The molecule has 35 heavy (non-hydrogen) atoms. The number of pyridine rings is 1. The van der Waals surface area contributed by atoms with Crippen molar-refractivity contribution in [2.45, 2.75) is 26.1 Å². The van der Waals surface area contributed by atoms with Gasteiger partial charge in [0.15, 0.2) is 5.65 Å². The van der Waals surface area contributed by atoms with E-state index in [1.165, 1.54) is 0 Å². The molecule has 4 rings (SSSR count). The lowest BCUT2D eigenvalue weighted by molar-refractivity contribution is -0.385. The van der Waals surface area contributed by atoms with Crippen LogP contribution in [0.15, 0.2) is 30.5 Å². The van der Waals surface area contributed by atoms with Crippen LogP contribution < -0.4 is 10.2 Å². The number of aromatic nitrogens is 3. The molecule has 0 amide bonds. The molecule has 1 fully saturated rings. The summed E-state index contributed by atoms with van der Waals surface area (Å²) in [6.07, 6.45) is -3.03. The van der Waals surface area contributed by atoms with Crippen LogP contribution in [0.3, 0.4) is 0 Å². The zero-order valence-corrected chi connectivity index (χ0v) is 19.8. The highest BCUT2D eigenvalue weighted by molar-refractivity contribution is 6.28. The lowest BCUT2D eigenvalue weighted by Gasteiger charge is -2.35. The number of alkyl halides is 3. The molecule has 0 radical (unpaired) electrons. The Balaban J connectivity index is 1.68. The smallest absolute Gasteiger partial charge is 0.368 e. The first-order chi connectivity index (χ1) is 16.5. The van der Waals surface area contributed by atoms with Crippen LogP contribution in [0.4, 0.5) is 30.4 Å². The van der Waals surface area contributed by atoms with Gasteiger partial charge in [-0.3, -0.25) is 10.1 Å². The SMILES string of the molecule is CCN1CCN(c2cnc3nc(Cl)nc(NC(C)c4cc([N+](=O)[O-])cc(C(F)(F)F)c4)c3c2)CC1. The van der Waals surface area contributed by atoms with Gasteiger partial charge in [0.05, 0.1) is 33.8 Å². The number of fused-ring (bicyclic) bond motifs is 1. The average molecular weight is 510 g/mol. The number of nitrogens with zero attached hydrogens (tertiary/aromatic N) is 6. The molecule has 1 aliphatic rings. The minimum Gasteiger partial charge on any atom is -0.368 e. The number of nitrogens with one attached hydrogen (secondary N) is 1. The maximum atomic E-state index is 13.3. The van der Waals surface area contributed by atoms with Crippen molar-refractivity contribution in [1.82, 2.24) is 19.9 Å². The number of non-ortho nitro benzene ring substituents is 1. The van der Waals surface area contributed by atoms with Gasteiger partial charge in [-0.2, -0.15) is 18.2 Å². The second-order valence-electron chi connectivity index (χ2n) is 8.26. The van der Waals surface area contributed by atoms with Crippen molar-refractivity contribution in [3.63, 3.8) is 0 Å². The number of anilines is 2. The summed E-state index contributed by atoms with van der Waals surface area (Å²) in [4.78, 5) is 27.7. The molecule has 0 bridgehead atoms. The third-order valence-electron chi connectivity index (χ3n) is 6.03. The molecule has 1 aromatic carbocycles. The molecule has 1 saturated heterocycles. The molecule has 0 saturated carbocycles. The van der Waals surface area contributed by atoms with Gasteiger partial charge in [-0.25, -0.2) is 9.97 Å². The summed E-state index contributed by atoms with van der Waals surface area (Å²) in [7, 11) is 0. The number of nitro benzene ring substituents is 1. The Bertz CT molecular complexity index is 1250. The van der Waals surface area contributed by atoms with E-state index in [-0.39, 0.29) is 16.7 Å². The molecule has 0 spiro atoms. The minimum atomic E-state index is -4.73. The minimum absolute atomic E-state index is 0.0780. The van der Waals surface area contributed by atoms with Crippen molar-refractivity contribution in [3.8, 4) is 0 Å². The van der Waals surface area contributed by atoms with E-state index < -0.39 is 28.4 Å². The van der Waals surface area contributed by atoms with Gasteiger partial charge in [0.25, 0.3) is 5.69 Å². The highest BCUT2D eigenvalue weighted by Crippen LogP contribution is 2.35. The summed E-state index contributed by atoms with van der Waals surface area (Å²) in [6.45, 7) is 8.17. The van der Waals surface area contributed by atoms with Crippen LogP contribution in [0.1, 0.15) is 31.0 Å². The highest BCUT2D eigenvalue weighted by Gasteiger charge is 2.33. The number of likely N-dealkylation sites (N-methyl/N-ethyl adjacent to an activating group) is 1. The van der Waals surface area contributed by atoms with Crippen molar-refractivity contribution in [3.05, 3.63) is 57.0 Å². The summed E-state index contributed by atoms with van der Waals surface area (Å²) >= 11 is 6.07. The first-order valence-corrected chi connectivity index (χ1v) is 11.4. The topological polar surface area (TPSA) is 100 Å². The second-order valence-corrected chi connectivity index (χ2v) is 8.60. The third-order valence-corrected chi connectivity index (χ3v) is 6.19. The number of halogens is 4. The standard InChI is InChI=1S/C22H23ClF3N7O2/c1-3-31-4-6-32(7-5-31)17-11-18-19(27-12-17)29-21(23)30-20(18)28-13(2)14-8-15(22(24,25)26)10-16(9-14)33(34)35/h8-13H,3-7H2,1-2H3,(H,27,28,29,30). The van der Waals surface area contributed by atoms with Crippen LogP contribution in [0.2, 0.25) is 5.28 Å². The molecule has 1 unspecified atom stereocenters. The van der Waals surface area contributed by atoms with E-state index in [4.69, 9.17) is 11.6 Å². The molecule has 13 heteroatoms. The van der Waals surface area contributed by atoms with E-state index >= 15 is 0 Å².